The van der Waals surface area contributed by atoms with E-state index in [0.29, 0.717) is 18.8 Å². The number of nitrogens with two attached hydrogens (primary N) is 1. The highest BCUT2D eigenvalue weighted by Crippen LogP contribution is 2.12. The molecule has 0 fully saturated rings. The SMILES string of the molecule is COc1ccc(CCCNC(=O)c2csc(CN)n2)cc1.Cl. The third-order valence-corrected chi connectivity index (χ3v) is 3.92. The fourth-order valence-corrected chi connectivity index (χ4v) is 2.54. The molecule has 120 valence electrons. The molecule has 2 rings (SSSR count). The number of aryl methyl sites for hydroxylation is 1. The number of nitrogens with zero attached hydrogens (tertiary/aromatic N) is 1. The lowest BCUT2D eigenvalue weighted by molar-refractivity contribution is 0.0949. The Morgan fingerprint density at radius 3 is 2.68 bits per heavy atom. The first-order valence-electron chi connectivity index (χ1n) is 6.78. The molecule has 0 atom stereocenters. The Hall–Kier alpha value is -1.63. The normalized spacial score (nSPS) is 9.91. The second kappa shape index (κ2) is 9.40. The van der Waals surface area contributed by atoms with Gasteiger partial charge in [-0.25, -0.2) is 4.98 Å². The molecule has 1 heterocycles. The minimum Gasteiger partial charge on any atom is -0.497 e. The van der Waals surface area contributed by atoms with Gasteiger partial charge in [0.25, 0.3) is 5.91 Å². The summed E-state index contributed by atoms with van der Waals surface area (Å²) in [5.41, 5.74) is 7.15. The first-order valence-corrected chi connectivity index (χ1v) is 7.66. The van der Waals surface area contributed by atoms with Gasteiger partial charge in [0.05, 0.1) is 7.11 Å². The van der Waals surface area contributed by atoms with Crippen LogP contribution in [0.25, 0.3) is 0 Å². The average molecular weight is 342 g/mol. The van der Waals surface area contributed by atoms with Crippen LogP contribution in [0.5, 0.6) is 5.75 Å². The number of halogens is 1. The lowest BCUT2D eigenvalue weighted by Crippen LogP contribution is -2.25. The Balaban J connectivity index is 0.00000242. The molecule has 0 saturated heterocycles. The highest BCUT2D eigenvalue weighted by Gasteiger charge is 2.09. The van der Waals surface area contributed by atoms with E-state index < -0.39 is 0 Å². The Bertz CT molecular complexity index is 587. The number of amides is 1. The summed E-state index contributed by atoms with van der Waals surface area (Å²) in [5, 5.41) is 5.38. The molecule has 1 aromatic heterocycles. The van der Waals surface area contributed by atoms with E-state index in [1.165, 1.54) is 16.9 Å². The predicted molar refractivity (Wildman–Crippen MR) is 90.9 cm³/mol. The molecule has 1 aromatic carbocycles. The predicted octanol–water partition coefficient (Wildman–Crippen LogP) is 2.39. The smallest absolute Gasteiger partial charge is 0.270 e. The third-order valence-electron chi connectivity index (χ3n) is 3.05. The number of nitrogens with one attached hydrogen (secondary N) is 1. The highest BCUT2D eigenvalue weighted by molar-refractivity contribution is 7.09. The molecule has 0 unspecified atom stereocenters. The molecule has 0 aliphatic rings. The fraction of sp³-hybridized carbons (Fsp3) is 0.333. The second-order valence-corrected chi connectivity index (χ2v) is 5.48. The summed E-state index contributed by atoms with van der Waals surface area (Å²) in [5.74, 6) is 0.715. The summed E-state index contributed by atoms with van der Waals surface area (Å²) in [6.07, 6.45) is 1.79. The second-order valence-electron chi connectivity index (χ2n) is 4.54. The van der Waals surface area contributed by atoms with Crippen LogP contribution in [-0.4, -0.2) is 24.5 Å². The average Bonchev–Trinajstić information content (AvgIpc) is 3.01. The number of hydrogen-bond acceptors (Lipinski definition) is 5. The summed E-state index contributed by atoms with van der Waals surface area (Å²) < 4.78 is 5.11. The maximum absolute atomic E-state index is 11.8. The van der Waals surface area contributed by atoms with Crippen molar-refractivity contribution in [1.29, 1.82) is 0 Å². The van der Waals surface area contributed by atoms with Crippen LogP contribution in [0.4, 0.5) is 0 Å². The summed E-state index contributed by atoms with van der Waals surface area (Å²) in [7, 11) is 1.65. The lowest BCUT2D eigenvalue weighted by Gasteiger charge is -2.05. The van der Waals surface area contributed by atoms with Crippen LogP contribution < -0.4 is 15.8 Å². The van der Waals surface area contributed by atoms with Crippen molar-refractivity contribution in [1.82, 2.24) is 10.3 Å². The maximum atomic E-state index is 11.8. The van der Waals surface area contributed by atoms with E-state index in [4.69, 9.17) is 10.5 Å². The summed E-state index contributed by atoms with van der Waals surface area (Å²) in [6, 6.07) is 7.96. The number of benzene rings is 1. The first-order chi connectivity index (χ1) is 10.2. The van der Waals surface area contributed by atoms with E-state index in [9.17, 15) is 4.79 Å². The van der Waals surface area contributed by atoms with Gasteiger partial charge >= 0.3 is 0 Å². The van der Waals surface area contributed by atoms with E-state index in [1.54, 1.807) is 12.5 Å². The number of methoxy groups -OCH3 is 1. The zero-order chi connectivity index (χ0) is 15.1. The quantitative estimate of drug-likeness (QED) is 0.758. The number of thiazole rings is 1. The molecule has 2 aromatic rings. The topological polar surface area (TPSA) is 77.2 Å². The van der Waals surface area contributed by atoms with Gasteiger partial charge in [-0.3, -0.25) is 4.79 Å². The van der Waals surface area contributed by atoms with Crippen molar-refractivity contribution in [2.45, 2.75) is 19.4 Å². The fourth-order valence-electron chi connectivity index (χ4n) is 1.89. The van der Waals surface area contributed by atoms with Gasteiger partial charge < -0.3 is 15.8 Å². The molecule has 0 saturated carbocycles. The van der Waals surface area contributed by atoms with Gasteiger partial charge in [-0.2, -0.15) is 0 Å². The first kappa shape index (κ1) is 18.4. The standard InChI is InChI=1S/C15H19N3O2S.ClH/c1-20-12-6-4-11(5-7-12)3-2-8-17-15(19)13-10-21-14(9-16)18-13;/h4-7,10H,2-3,8-9,16H2,1H3,(H,17,19);1H. The Morgan fingerprint density at radius 2 is 2.09 bits per heavy atom. The number of rotatable bonds is 7. The van der Waals surface area contributed by atoms with Gasteiger partial charge in [0, 0.05) is 18.5 Å². The maximum Gasteiger partial charge on any atom is 0.270 e. The van der Waals surface area contributed by atoms with Gasteiger partial charge in [0.1, 0.15) is 16.5 Å². The van der Waals surface area contributed by atoms with Crippen LogP contribution in [0.2, 0.25) is 0 Å². The molecule has 5 nitrogen and oxygen atoms in total. The molecule has 7 heteroatoms. The van der Waals surface area contributed by atoms with Crippen LogP contribution in [0.15, 0.2) is 29.6 Å². The number of aromatic nitrogens is 1. The van der Waals surface area contributed by atoms with E-state index >= 15 is 0 Å². The summed E-state index contributed by atoms with van der Waals surface area (Å²) in [6.45, 7) is 0.996. The van der Waals surface area contributed by atoms with Crippen LogP contribution in [0.3, 0.4) is 0 Å². The Kier molecular flexibility index (Phi) is 7.87. The van der Waals surface area contributed by atoms with Gasteiger partial charge in [-0.1, -0.05) is 12.1 Å². The largest absolute Gasteiger partial charge is 0.497 e. The minimum absolute atomic E-state index is 0. The van der Waals surface area contributed by atoms with Crippen LogP contribution in [0.1, 0.15) is 27.5 Å². The van der Waals surface area contributed by atoms with Gasteiger partial charge in [0.2, 0.25) is 0 Å². The lowest BCUT2D eigenvalue weighted by atomic mass is 10.1. The van der Waals surface area contributed by atoms with Crippen molar-refractivity contribution in [3.63, 3.8) is 0 Å². The molecule has 22 heavy (non-hydrogen) atoms. The number of ether oxygens (including phenoxy) is 1. The molecule has 3 N–H and O–H groups in total. The third kappa shape index (κ3) is 5.29. The molecule has 1 amide bonds. The van der Waals surface area contributed by atoms with Gasteiger partial charge in [0.15, 0.2) is 0 Å². The van der Waals surface area contributed by atoms with Crippen molar-refractivity contribution in [2.75, 3.05) is 13.7 Å². The molecule has 0 spiro atoms. The molecule has 0 bridgehead atoms. The van der Waals surface area contributed by atoms with E-state index in [2.05, 4.69) is 10.3 Å². The number of carbonyl (C=O) groups is 1. The van der Waals surface area contributed by atoms with Crippen molar-refractivity contribution in [3.8, 4) is 5.75 Å². The van der Waals surface area contributed by atoms with Crippen LogP contribution in [-0.2, 0) is 13.0 Å². The molecule has 0 aliphatic carbocycles. The Morgan fingerprint density at radius 1 is 1.36 bits per heavy atom. The van der Waals surface area contributed by atoms with Crippen LogP contribution in [0, 0.1) is 0 Å². The molecular weight excluding hydrogens is 322 g/mol. The zero-order valence-electron chi connectivity index (χ0n) is 12.4. The Labute approximate surface area is 140 Å². The summed E-state index contributed by atoms with van der Waals surface area (Å²) in [4.78, 5) is 16.0. The zero-order valence-corrected chi connectivity index (χ0v) is 14.0. The number of carbonyl (C=O) groups excluding carboxylic acids is 1. The van der Waals surface area contributed by atoms with Crippen molar-refractivity contribution >= 4 is 29.7 Å². The van der Waals surface area contributed by atoms with E-state index in [1.807, 2.05) is 24.3 Å². The van der Waals surface area contributed by atoms with Crippen molar-refractivity contribution in [2.24, 2.45) is 5.73 Å². The van der Waals surface area contributed by atoms with Gasteiger partial charge in [-0.05, 0) is 30.5 Å². The molecule has 0 aliphatic heterocycles. The number of hydrogen-bond donors (Lipinski definition) is 2. The van der Waals surface area contributed by atoms with Gasteiger partial charge in [-0.15, -0.1) is 23.7 Å². The highest BCUT2D eigenvalue weighted by atomic mass is 35.5. The molecular formula is C15H20ClN3O2S. The van der Waals surface area contributed by atoms with Crippen molar-refractivity contribution < 1.29 is 9.53 Å². The van der Waals surface area contributed by atoms with Crippen LogP contribution >= 0.6 is 23.7 Å². The monoisotopic (exact) mass is 341 g/mol. The molecule has 0 radical (unpaired) electrons. The van der Waals surface area contributed by atoms with Crippen molar-refractivity contribution in [3.05, 3.63) is 45.9 Å². The summed E-state index contributed by atoms with van der Waals surface area (Å²) >= 11 is 1.41. The van der Waals surface area contributed by atoms with E-state index in [0.717, 1.165) is 23.6 Å². The van der Waals surface area contributed by atoms with E-state index in [-0.39, 0.29) is 18.3 Å². The minimum atomic E-state index is -0.138.